The van der Waals surface area contributed by atoms with E-state index >= 15 is 0 Å². The van der Waals surface area contributed by atoms with Crippen molar-refractivity contribution in [2.45, 2.75) is 25.4 Å². The molecular formula is C13H18O. The summed E-state index contributed by atoms with van der Waals surface area (Å²) in [6.45, 7) is 4.45. The van der Waals surface area contributed by atoms with Gasteiger partial charge < -0.3 is 4.74 Å². The Kier molecular flexibility index (Phi) is 2.01. The topological polar surface area (TPSA) is 9.23 Å². The number of allylic oxidation sites excluding steroid dienone is 2. The first-order valence-corrected chi connectivity index (χ1v) is 5.79. The average Bonchev–Trinajstić information content (AvgIpc) is 2.85. The molecule has 3 aliphatic rings. The Morgan fingerprint density at radius 1 is 1.36 bits per heavy atom. The van der Waals surface area contributed by atoms with Crippen LogP contribution in [0.2, 0.25) is 0 Å². The Balaban J connectivity index is 1.69. The molecule has 0 aromatic carbocycles. The van der Waals surface area contributed by atoms with E-state index in [0.717, 1.165) is 30.3 Å². The maximum atomic E-state index is 5.85. The second-order valence-corrected chi connectivity index (χ2v) is 4.96. The molecule has 2 saturated carbocycles. The SMILES string of the molecule is C=CCO[C@H]1C[C@H]2C[C@@H]1[C@H]1CC=C[C@H]21. The molecule has 2 fully saturated rings. The third-order valence-electron chi connectivity index (χ3n) is 4.37. The largest absolute Gasteiger partial charge is 0.374 e. The van der Waals surface area contributed by atoms with Gasteiger partial charge in [0.2, 0.25) is 0 Å². The van der Waals surface area contributed by atoms with Gasteiger partial charge in [-0.05, 0) is 42.9 Å². The summed E-state index contributed by atoms with van der Waals surface area (Å²) in [5, 5.41) is 0. The summed E-state index contributed by atoms with van der Waals surface area (Å²) in [4.78, 5) is 0. The molecule has 1 heteroatoms. The van der Waals surface area contributed by atoms with Crippen LogP contribution in [0, 0.1) is 23.7 Å². The molecule has 0 heterocycles. The zero-order chi connectivity index (χ0) is 9.54. The number of hydrogen-bond acceptors (Lipinski definition) is 1. The van der Waals surface area contributed by atoms with Crippen molar-refractivity contribution >= 4 is 0 Å². The maximum Gasteiger partial charge on any atom is 0.0648 e. The van der Waals surface area contributed by atoms with Crippen molar-refractivity contribution in [1.29, 1.82) is 0 Å². The second kappa shape index (κ2) is 3.23. The van der Waals surface area contributed by atoms with Gasteiger partial charge in [0.15, 0.2) is 0 Å². The van der Waals surface area contributed by atoms with Crippen LogP contribution in [0.3, 0.4) is 0 Å². The van der Waals surface area contributed by atoms with Crippen molar-refractivity contribution in [2.24, 2.45) is 23.7 Å². The molecule has 0 spiro atoms. The molecule has 0 amide bonds. The van der Waals surface area contributed by atoms with Gasteiger partial charge >= 0.3 is 0 Å². The molecule has 0 N–H and O–H groups in total. The Morgan fingerprint density at radius 3 is 3.14 bits per heavy atom. The lowest BCUT2D eigenvalue weighted by Gasteiger charge is -2.31. The Bertz CT molecular complexity index is 268. The van der Waals surface area contributed by atoms with Gasteiger partial charge in [0, 0.05) is 0 Å². The Morgan fingerprint density at radius 2 is 2.29 bits per heavy atom. The highest BCUT2D eigenvalue weighted by atomic mass is 16.5. The van der Waals surface area contributed by atoms with E-state index in [-0.39, 0.29) is 0 Å². The first-order valence-electron chi connectivity index (χ1n) is 5.79. The van der Waals surface area contributed by atoms with Gasteiger partial charge in [-0.3, -0.25) is 0 Å². The van der Waals surface area contributed by atoms with Crippen LogP contribution in [0.5, 0.6) is 0 Å². The molecule has 14 heavy (non-hydrogen) atoms. The van der Waals surface area contributed by atoms with Crippen molar-refractivity contribution in [3.63, 3.8) is 0 Å². The molecule has 0 saturated heterocycles. The molecular weight excluding hydrogens is 172 g/mol. The summed E-state index contributed by atoms with van der Waals surface area (Å²) in [7, 11) is 0. The molecule has 3 rings (SSSR count). The van der Waals surface area contributed by atoms with Gasteiger partial charge in [-0.25, -0.2) is 0 Å². The number of fused-ring (bicyclic) bond motifs is 5. The fourth-order valence-electron chi connectivity index (χ4n) is 3.88. The molecule has 0 unspecified atom stereocenters. The molecule has 3 aliphatic carbocycles. The molecule has 0 aromatic heterocycles. The summed E-state index contributed by atoms with van der Waals surface area (Å²) in [5.74, 6) is 3.60. The zero-order valence-corrected chi connectivity index (χ0v) is 8.56. The minimum atomic E-state index is 0.541. The molecule has 5 atom stereocenters. The lowest BCUT2D eigenvalue weighted by molar-refractivity contribution is 0.00693. The van der Waals surface area contributed by atoms with E-state index in [9.17, 15) is 0 Å². The standard InChI is InChI=1S/C13H18O/c1-2-6-14-13-8-9-7-12(13)11-5-3-4-10(9)11/h2-4,9-13H,1,5-8H2/t9-,10-,11+,12-,13+/m1/s1. The fraction of sp³-hybridized carbons (Fsp3) is 0.692. The highest BCUT2D eigenvalue weighted by Crippen LogP contribution is 2.57. The van der Waals surface area contributed by atoms with Crippen LogP contribution in [-0.4, -0.2) is 12.7 Å². The van der Waals surface area contributed by atoms with Gasteiger partial charge in [-0.1, -0.05) is 18.2 Å². The summed E-state index contributed by atoms with van der Waals surface area (Å²) in [5.41, 5.74) is 0. The van der Waals surface area contributed by atoms with E-state index < -0.39 is 0 Å². The molecule has 0 aromatic rings. The minimum Gasteiger partial charge on any atom is -0.374 e. The smallest absolute Gasteiger partial charge is 0.0648 e. The molecule has 0 aliphatic heterocycles. The normalized spacial score (nSPS) is 48.4. The first-order chi connectivity index (χ1) is 6.90. The molecule has 2 bridgehead atoms. The van der Waals surface area contributed by atoms with Gasteiger partial charge in [0.05, 0.1) is 12.7 Å². The average molecular weight is 190 g/mol. The lowest BCUT2D eigenvalue weighted by Crippen LogP contribution is -2.30. The third kappa shape index (κ3) is 1.12. The number of hydrogen-bond donors (Lipinski definition) is 0. The lowest BCUT2D eigenvalue weighted by atomic mass is 9.80. The van der Waals surface area contributed by atoms with E-state index in [1.807, 2.05) is 6.08 Å². The van der Waals surface area contributed by atoms with Crippen molar-refractivity contribution in [1.82, 2.24) is 0 Å². The first kappa shape index (κ1) is 8.72. The van der Waals surface area contributed by atoms with Crippen LogP contribution in [0.4, 0.5) is 0 Å². The Labute approximate surface area is 85.8 Å². The highest BCUT2D eigenvalue weighted by molar-refractivity contribution is 5.14. The van der Waals surface area contributed by atoms with Crippen LogP contribution in [-0.2, 0) is 4.74 Å². The van der Waals surface area contributed by atoms with Crippen molar-refractivity contribution in [2.75, 3.05) is 6.61 Å². The Hall–Kier alpha value is -0.560. The van der Waals surface area contributed by atoms with E-state index in [2.05, 4.69) is 18.7 Å². The number of ether oxygens (including phenoxy) is 1. The second-order valence-electron chi connectivity index (χ2n) is 4.96. The van der Waals surface area contributed by atoms with Crippen LogP contribution in [0.25, 0.3) is 0 Å². The predicted octanol–water partition coefficient (Wildman–Crippen LogP) is 2.79. The van der Waals surface area contributed by atoms with Crippen molar-refractivity contribution in [3.05, 3.63) is 24.8 Å². The summed E-state index contributed by atoms with van der Waals surface area (Å²) in [6.07, 6.45) is 11.3. The van der Waals surface area contributed by atoms with Crippen molar-refractivity contribution in [3.8, 4) is 0 Å². The predicted molar refractivity (Wildman–Crippen MR) is 56.9 cm³/mol. The van der Waals surface area contributed by atoms with Gasteiger partial charge in [-0.15, -0.1) is 6.58 Å². The van der Waals surface area contributed by atoms with Crippen molar-refractivity contribution < 1.29 is 4.74 Å². The van der Waals surface area contributed by atoms with E-state index in [0.29, 0.717) is 6.10 Å². The number of rotatable bonds is 3. The van der Waals surface area contributed by atoms with Crippen LogP contribution in [0.15, 0.2) is 24.8 Å². The highest BCUT2D eigenvalue weighted by Gasteiger charge is 2.52. The molecule has 0 radical (unpaired) electrons. The van der Waals surface area contributed by atoms with Gasteiger partial charge in [-0.2, -0.15) is 0 Å². The van der Waals surface area contributed by atoms with E-state index in [4.69, 9.17) is 4.74 Å². The quantitative estimate of drug-likeness (QED) is 0.622. The molecule has 1 nitrogen and oxygen atoms in total. The summed E-state index contributed by atoms with van der Waals surface area (Å²) in [6, 6.07) is 0. The third-order valence-corrected chi connectivity index (χ3v) is 4.37. The zero-order valence-electron chi connectivity index (χ0n) is 8.56. The van der Waals surface area contributed by atoms with E-state index in [1.165, 1.54) is 19.3 Å². The maximum absolute atomic E-state index is 5.85. The van der Waals surface area contributed by atoms with Crippen LogP contribution >= 0.6 is 0 Å². The summed E-state index contributed by atoms with van der Waals surface area (Å²) < 4.78 is 5.85. The monoisotopic (exact) mass is 190 g/mol. The van der Waals surface area contributed by atoms with Crippen LogP contribution in [0.1, 0.15) is 19.3 Å². The summed E-state index contributed by atoms with van der Waals surface area (Å²) >= 11 is 0. The van der Waals surface area contributed by atoms with Gasteiger partial charge in [0.25, 0.3) is 0 Å². The van der Waals surface area contributed by atoms with Crippen LogP contribution < -0.4 is 0 Å². The molecule has 76 valence electrons. The fourth-order valence-corrected chi connectivity index (χ4v) is 3.88. The van der Waals surface area contributed by atoms with Gasteiger partial charge in [0.1, 0.15) is 0 Å². The van der Waals surface area contributed by atoms with E-state index in [1.54, 1.807) is 0 Å². The minimum absolute atomic E-state index is 0.541.